The molecule has 8 nitrogen and oxygen atoms in total. The van der Waals surface area contributed by atoms with Crippen LogP contribution in [0.4, 0.5) is 5.69 Å². The Morgan fingerprint density at radius 1 is 1.16 bits per heavy atom. The van der Waals surface area contributed by atoms with Crippen LogP contribution in [-0.2, 0) is 19.1 Å². The Bertz CT molecular complexity index is 1070. The molecule has 0 saturated carbocycles. The molecule has 0 aliphatic carbocycles. The van der Waals surface area contributed by atoms with Crippen LogP contribution in [0.1, 0.15) is 18.1 Å². The number of nitrogens with zero attached hydrogens (tertiary/aromatic N) is 1. The van der Waals surface area contributed by atoms with E-state index in [1.807, 2.05) is 6.92 Å². The molecule has 2 aromatic carbocycles. The van der Waals surface area contributed by atoms with Crippen molar-refractivity contribution in [3.05, 3.63) is 58.1 Å². The molecule has 31 heavy (non-hydrogen) atoms. The molecule has 9 heteroatoms. The highest BCUT2D eigenvalue weighted by molar-refractivity contribution is 6.33. The SMILES string of the molecule is CCOC(=O)COc1ccc(C=C2C(=O)NN(c3ccc(C)c(Cl)c3)C2=O)cc1OC. The molecule has 0 aromatic heterocycles. The van der Waals surface area contributed by atoms with Gasteiger partial charge in [-0.15, -0.1) is 0 Å². The molecular formula is C22H21ClN2O6. The van der Waals surface area contributed by atoms with Crippen molar-refractivity contribution >= 4 is 41.1 Å². The van der Waals surface area contributed by atoms with Gasteiger partial charge in [-0.2, -0.15) is 0 Å². The van der Waals surface area contributed by atoms with Gasteiger partial charge in [-0.1, -0.05) is 23.7 Å². The lowest BCUT2D eigenvalue weighted by molar-refractivity contribution is -0.145. The third-order valence-corrected chi connectivity index (χ3v) is 4.86. The third kappa shape index (κ3) is 4.97. The van der Waals surface area contributed by atoms with Gasteiger partial charge in [0, 0.05) is 5.02 Å². The Balaban J connectivity index is 1.82. The van der Waals surface area contributed by atoms with Gasteiger partial charge in [0.1, 0.15) is 5.57 Å². The highest BCUT2D eigenvalue weighted by Crippen LogP contribution is 2.30. The van der Waals surface area contributed by atoms with Crippen molar-refractivity contribution in [3.8, 4) is 11.5 Å². The Morgan fingerprint density at radius 2 is 1.94 bits per heavy atom. The summed E-state index contributed by atoms with van der Waals surface area (Å²) >= 11 is 6.13. The van der Waals surface area contributed by atoms with Crippen LogP contribution in [-0.4, -0.2) is 38.1 Å². The zero-order chi connectivity index (χ0) is 22.5. The van der Waals surface area contributed by atoms with Gasteiger partial charge >= 0.3 is 5.97 Å². The number of benzene rings is 2. The van der Waals surface area contributed by atoms with Gasteiger partial charge in [0.2, 0.25) is 0 Å². The zero-order valence-electron chi connectivity index (χ0n) is 17.2. The Labute approximate surface area is 184 Å². The molecule has 1 heterocycles. The van der Waals surface area contributed by atoms with Crippen molar-refractivity contribution in [1.82, 2.24) is 5.43 Å². The highest BCUT2D eigenvalue weighted by atomic mass is 35.5. The average molecular weight is 445 g/mol. The number of rotatable bonds is 7. The number of esters is 1. The second-order valence-electron chi connectivity index (χ2n) is 6.58. The number of methoxy groups -OCH3 is 1. The minimum Gasteiger partial charge on any atom is -0.493 e. The largest absolute Gasteiger partial charge is 0.493 e. The summed E-state index contributed by atoms with van der Waals surface area (Å²) < 4.78 is 15.5. The second kappa shape index (κ2) is 9.53. The number of amides is 2. The number of nitrogens with one attached hydrogen (secondary N) is 1. The van der Waals surface area contributed by atoms with E-state index in [0.717, 1.165) is 10.6 Å². The van der Waals surface area contributed by atoms with Crippen molar-refractivity contribution in [3.63, 3.8) is 0 Å². The second-order valence-corrected chi connectivity index (χ2v) is 6.98. The van der Waals surface area contributed by atoms with Crippen molar-refractivity contribution in [2.45, 2.75) is 13.8 Å². The Kier molecular flexibility index (Phi) is 6.81. The van der Waals surface area contributed by atoms with Crippen LogP contribution in [0.5, 0.6) is 11.5 Å². The van der Waals surface area contributed by atoms with Gasteiger partial charge in [-0.05, 0) is 55.3 Å². The maximum absolute atomic E-state index is 12.8. The normalized spacial score (nSPS) is 14.6. The molecular weight excluding hydrogens is 424 g/mol. The predicted octanol–water partition coefficient (Wildman–Crippen LogP) is 3.06. The number of ether oxygens (including phenoxy) is 3. The summed E-state index contributed by atoms with van der Waals surface area (Å²) in [7, 11) is 1.44. The number of carbonyl (C=O) groups is 3. The van der Waals surface area contributed by atoms with Gasteiger partial charge in [0.15, 0.2) is 18.1 Å². The number of hydrazine groups is 1. The van der Waals surface area contributed by atoms with Crippen molar-refractivity contribution in [2.24, 2.45) is 0 Å². The standard InChI is InChI=1S/C22H21ClN2O6/c1-4-30-20(26)12-31-18-8-6-14(10-19(18)29-3)9-16-21(27)24-25(22(16)28)15-7-5-13(2)17(23)11-15/h5-11H,4,12H2,1-3H3,(H,24,27). The van der Waals surface area contributed by atoms with E-state index in [2.05, 4.69) is 5.43 Å². The minimum absolute atomic E-state index is 0.0426. The summed E-state index contributed by atoms with van der Waals surface area (Å²) in [4.78, 5) is 36.7. The molecule has 1 aliphatic heterocycles. The van der Waals surface area contributed by atoms with Crippen LogP contribution in [0, 0.1) is 6.92 Å². The lowest BCUT2D eigenvalue weighted by Gasteiger charge is -2.15. The smallest absolute Gasteiger partial charge is 0.344 e. The fourth-order valence-electron chi connectivity index (χ4n) is 2.86. The van der Waals surface area contributed by atoms with E-state index in [9.17, 15) is 14.4 Å². The third-order valence-electron chi connectivity index (χ3n) is 4.45. The molecule has 0 bridgehead atoms. The maximum atomic E-state index is 12.8. The van der Waals surface area contributed by atoms with Crippen LogP contribution in [0.25, 0.3) is 6.08 Å². The van der Waals surface area contributed by atoms with E-state index in [4.69, 9.17) is 25.8 Å². The van der Waals surface area contributed by atoms with Gasteiger partial charge in [0.05, 0.1) is 19.4 Å². The molecule has 0 atom stereocenters. The first-order chi connectivity index (χ1) is 14.8. The molecule has 1 fully saturated rings. The number of anilines is 1. The van der Waals surface area contributed by atoms with E-state index in [-0.39, 0.29) is 18.8 Å². The first kappa shape index (κ1) is 22.2. The zero-order valence-corrected chi connectivity index (χ0v) is 18.0. The summed E-state index contributed by atoms with van der Waals surface area (Å²) in [6, 6.07) is 9.89. The topological polar surface area (TPSA) is 94.2 Å². The summed E-state index contributed by atoms with van der Waals surface area (Å²) in [6.07, 6.45) is 1.45. The van der Waals surface area contributed by atoms with Crippen molar-refractivity contribution < 1.29 is 28.6 Å². The minimum atomic E-state index is -0.539. The highest BCUT2D eigenvalue weighted by Gasteiger charge is 2.34. The molecule has 1 aliphatic rings. The first-order valence-corrected chi connectivity index (χ1v) is 9.81. The molecule has 0 unspecified atom stereocenters. The molecule has 0 radical (unpaired) electrons. The van der Waals surface area contributed by atoms with Crippen molar-refractivity contribution in [2.75, 3.05) is 25.3 Å². The molecule has 2 aromatic rings. The fourth-order valence-corrected chi connectivity index (χ4v) is 3.03. The average Bonchev–Trinajstić information content (AvgIpc) is 3.03. The number of aryl methyl sites for hydroxylation is 1. The van der Waals surface area contributed by atoms with E-state index in [1.165, 1.54) is 13.2 Å². The number of halogens is 1. The lowest BCUT2D eigenvalue weighted by Crippen LogP contribution is -2.35. The molecule has 3 rings (SSSR count). The van der Waals surface area contributed by atoms with E-state index < -0.39 is 17.8 Å². The van der Waals surface area contributed by atoms with Crippen LogP contribution in [0.2, 0.25) is 5.02 Å². The monoisotopic (exact) mass is 444 g/mol. The Hall–Kier alpha value is -3.52. The summed E-state index contributed by atoms with van der Waals surface area (Å²) in [5, 5.41) is 1.63. The summed E-state index contributed by atoms with van der Waals surface area (Å²) in [5.41, 5.74) is 4.35. The molecule has 1 saturated heterocycles. The maximum Gasteiger partial charge on any atom is 0.344 e. The van der Waals surface area contributed by atoms with Crippen LogP contribution in [0.3, 0.4) is 0 Å². The molecule has 162 valence electrons. The number of hydrogen-bond acceptors (Lipinski definition) is 6. The van der Waals surface area contributed by atoms with Crippen LogP contribution >= 0.6 is 11.6 Å². The number of hydrogen-bond donors (Lipinski definition) is 1. The quantitative estimate of drug-likeness (QED) is 0.400. The molecule has 0 spiro atoms. The van der Waals surface area contributed by atoms with Gasteiger partial charge in [-0.25, -0.2) is 9.80 Å². The first-order valence-electron chi connectivity index (χ1n) is 9.43. The van der Waals surface area contributed by atoms with Crippen LogP contribution < -0.4 is 19.9 Å². The predicted molar refractivity (Wildman–Crippen MR) is 115 cm³/mol. The lowest BCUT2D eigenvalue weighted by atomic mass is 10.1. The van der Waals surface area contributed by atoms with Gasteiger partial charge < -0.3 is 14.2 Å². The molecule has 1 N–H and O–H groups in total. The van der Waals surface area contributed by atoms with Crippen molar-refractivity contribution in [1.29, 1.82) is 0 Å². The summed E-state index contributed by atoms with van der Waals surface area (Å²) in [5.74, 6) is -0.877. The Morgan fingerprint density at radius 3 is 2.61 bits per heavy atom. The fraction of sp³-hybridized carbons (Fsp3) is 0.227. The van der Waals surface area contributed by atoms with Gasteiger partial charge in [-0.3, -0.25) is 15.0 Å². The number of carbonyl (C=O) groups excluding carboxylic acids is 3. The van der Waals surface area contributed by atoms with E-state index >= 15 is 0 Å². The molecule has 2 amide bonds. The van der Waals surface area contributed by atoms with E-state index in [1.54, 1.807) is 43.3 Å². The van der Waals surface area contributed by atoms with E-state index in [0.29, 0.717) is 27.8 Å². The summed E-state index contributed by atoms with van der Waals surface area (Å²) in [6.45, 7) is 3.54. The van der Waals surface area contributed by atoms with Gasteiger partial charge in [0.25, 0.3) is 11.8 Å². The van der Waals surface area contributed by atoms with Crippen LogP contribution in [0.15, 0.2) is 42.0 Å².